The van der Waals surface area contributed by atoms with E-state index in [9.17, 15) is 5.11 Å². The summed E-state index contributed by atoms with van der Waals surface area (Å²) in [5.41, 5.74) is 5.85. The van der Waals surface area contributed by atoms with Crippen LogP contribution in [0.5, 0.6) is 0 Å². The Hall–Kier alpha value is -0.0800. The van der Waals surface area contributed by atoms with Gasteiger partial charge < -0.3 is 10.8 Å². The van der Waals surface area contributed by atoms with Crippen molar-refractivity contribution in [2.45, 2.75) is 52.1 Å². The van der Waals surface area contributed by atoms with Crippen molar-refractivity contribution in [2.24, 2.45) is 17.1 Å². The molecule has 1 rings (SSSR count). The van der Waals surface area contributed by atoms with Gasteiger partial charge in [-0.3, -0.25) is 0 Å². The fourth-order valence-electron chi connectivity index (χ4n) is 2.58. The molecular formula is C11H23NO. The predicted molar refractivity (Wildman–Crippen MR) is 55.4 cm³/mol. The first-order chi connectivity index (χ1) is 6.12. The van der Waals surface area contributed by atoms with Crippen molar-refractivity contribution < 1.29 is 5.11 Å². The van der Waals surface area contributed by atoms with E-state index in [4.69, 9.17) is 5.73 Å². The molecule has 1 atom stereocenters. The summed E-state index contributed by atoms with van der Waals surface area (Å²) in [6.07, 6.45) is 5.80. The van der Waals surface area contributed by atoms with Crippen molar-refractivity contribution in [3.05, 3.63) is 0 Å². The molecule has 0 radical (unpaired) electrons. The first kappa shape index (κ1) is 11.0. The van der Waals surface area contributed by atoms with Gasteiger partial charge in [0.2, 0.25) is 0 Å². The normalized spacial score (nSPS) is 24.7. The van der Waals surface area contributed by atoms with E-state index >= 15 is 0 Å². The molecule has 1 saturated carbocycles. The predicted octanol–water partition coefficient (Wildman–Crippen LogP) is 1.91. The van der Waals surface area contributed by atoms with Gasteiger partial charge in [0.05, 0.1) is 6.10 Å². The van der Waals surface area contributed by atoms with E-state index in [0.717, 1.165) is 12.8 Å². The van der Waals surface area contributed by atoms with Crippen LogP contribution in [0, 0.1) is 11.3 Å². The van der Waals surface area contributed by atoms with Gasteiger partial charge in [-0.2, -0.15) is 0 Å². The molecule has 2 nitrogen and oxygen atoms in total. The quantitative estimate of drug-likeness (QED) is 0.705. The van der Waals surface area contributed by atoms with Crippen LogP contribution in [-0.4, -0.2) is 17.8 Å². The van der Waals surface area contributed by atoms with Gasteiger partial charge in [0.1, 0.15) is 0 Å². The molecule has 0 aromatic carbocycles. The third-order valence-corrected chi connectivity index (χ3v) is 3.51. The Labute approximate surface area is 81.5 Å². The third kappa shape index (κ3) is 2.23. The van der Waals surface area contributed by atoms with Gasteiger partial charge in [-0.25, -0.2) is 0 Å². The van der Waals surface area contributed by atoms with E-state index in [1.165, 1.54) is 19.3 Å². The second-order valence-electron chi connectivity index (χ2n) is 4.82. The maximum Gasteiger partial charge on any atom is 0.0631 e. The zero-order chi connectivity index (χ0) is 9.90. The number of hydrogen-bond donors (Lipinski definition) is 2. The van der Waals surface area contributed by atoms with E-state index in [-0.39, 0.29) is 11.5 Å². The lowest BCUT2D eigenvalue weighted by atomic mass is 9.67. The molecule has 0 aliphatic heterocycles. The highest BCUT2D eigenvalue weighted by Gasteiger charge is 2.38. The maximum absolute atomic E-state index is 10.1. The highest BCUT2D eigenvalue weighted by molar-refractivity contribution is 4.91. The standard InChI is InChI=1S/C11H23NO/c1-9(2)10(13)11(8-12)6-4-3-5-7-11/h9-10,13H,3-8,12H2,1-2H3. The zero-order valence-corrected chi connectivity index (χ0v) is 8.92. The van der Waals surface area contributed by atoms with Crippen molar-refractivity contribution in [3.8, 4) is 0 Å². The van der Waals surface area contributed by atoms with Gasteiger partial charge in [-0.05, 0) is 18.8 Å². The highest BCUT2D eigenvalue weighted by atomic mass is 16.3. The topological polar surface area (TPSA) is 46.2 Å². The average Bonchev–Trinajstić information content (AvgIpc) is 2.17. The van der Waals surface area contributed by atoms with Gasteiger partial charge >= 0.3 is 0 Å². The minimum atomic E-state index is -0.210. The molecule has 2 heteroatoms. The van der Waals surface area contributed by atoms with Gasteiger partial charge in [0.15, 0.2) is 0 Å². The molecule has 0 heterocycles. The van der Waals surface area contributed by atoms with Crippen molar-refractivity contribution in [2.75, 3.05) is 6.54 Å². The molecule has 0 amide bonds. The van der Waals surface area contributed by atoms with Gasteiger partial charge in [0, 0.05) is 12.0 Å². The Balaban J connectivity index is 2.66. The molecule has 0 aromatic heterocycles. The number of aliphatic hydroxyl groups excluding tert-OH is 1. The summed E-state index contributed by atoms with van der Waals surface area (Å²) in [5.74, 6) is 0.335. The summed E-state index contributed by atoms with van der Waals surface area (Å²) in [5, 5.41) is 10.1. The van der Waals surface area contributed by atoms with Crippen molar-refractivity contribution in [1.82, 2.24) is 0 Å². The summed E-state index contributed by atoms with van der Waals surface area (Å²) >= 11 is 0. The van der Waals surface area contributed by atoms with E-state index in [1.54, 1.807) is 0 Å². The summed E-state index contributed by atoms with van der Waals surface area (Å²) in [4.78, 5) is 0. The Kier molecular flexibility index (Phi) is 3.74. The molecule has 78 valence electrons. The second-order valence-corrected chi connectivity index (χ2v) is 4.82. The average molecular weight is 185 g/mol. The lowest BCUT2D eigenvalue weighted by Gasteiger charge is -2.42. The molecule has 0 saturated heterocycles. The summed E-state index contributed by atoms with van der Waals surface area (Å²) < 4.78 is 0. The van der Waals surface area contributed by atoms with Crippen molar-refractivity contribution in [3.63, 3.8) is 0 Å². The van der Waals surface area contributed by atoms with Crippen LogP contribution in [0.3, 0.4) is 0 Å². The van der Waals surface area contributed by atoms with E-state index in [2.05, 4.69) is 13.8 Å². The minimum absolute atomic E-state index is 0.0341. The van der Waals surface area contributed by atoms with Crippen LogP contribution in [0.4, 0.5) is 0 Å². The number of aliphatic hydroxyl groups is 1. The number of nitrogens with two attached hydrogens (primary N) is 1. The molecule has 1 unspecified atom stereocenters. The molecule has 1 fully saturated rings. The molecule has 1 aliphatic rings. The monoisotopic (exact) mass is 185 g/mol. The Morgan fingerprint density at radius 1 is 1.23 bits per heavy atom. The largest absolute Gasteiger partial charge is 0.392 e. The Morgan fingerprint density at radius 3 is 2.15 bits per heavy atom. The van der Waals surface area contributed by atoms with Crippen molar-refractivity contribution in [1.29, 1.82) is 0 Å². The van der Waals surface area contributed by atoms with Crippen LogP contribution >= 0.6 is 0 Å². The minimum Gasteiger partial charge on any atom is -0.392 e. The Bertz CT molecular complexity index is 150. The molecule has 0 aromatic rings. The number of rotatable bonds is 3. The van der Waals surface area contributed by atoms with Gasteiger partial charge in [-0.15, -0.1) is 0 Å². The zero-order valence-electron chi connectivity index (χ0n) is 8.92. The van der Waals surface area contributed by atoms with Gasteiger partial charge in [-0.1, -0.05) is 33.1 Å². The number of hydrogen-bond acceptors (Lipinski definition) is 2. The van der Waals surface area contributed by atoms with Crippen LogP contribution in [0.2, 0.25) is 0 Å². The van der Waals surface area contributed by atoms with Crippen LogP contribution in [0.25, 0.3) is 0 Å². The van der Waals surface area contributed by atoms with E-state index in [1.807, 2.05) is 0 Å². The lowest BCUT2D eigenvalue weighted by molar-refractivity contribution is -0.0272. The van der Waals surface area contributed by atoms with Crippen molar-refractivity contribution >= 4 is 0 Å². The smallest absolute Gasteiger partial charge is 0.0631 e. The first-order valence-electron chi connectivity index (χ1n) is 5.50. The summed E-state index contributed by atoms with van der Waals surface area (Å²) in [7, 11) is 0. The third-order valence-electron chi connectivity index (χ3n) is 3.51. The molecule has 0 spiro atoms. The maximum atomic E-state index is 10.1. The van der Waals surface area contributed by atoms with Crippen LogP contribution < -0.4 is 5.73 Å². The SMILES string of the molecule is CC(C)C(O)C1(CN)CCCCC1. The van der Waals surface area contributed by atoms with Crippen LogP contribution in [0.15, 0.2) is 0 Å². The summed E-state index contributed by atoms with van der Waals surface area (Å²) in [6.45, 7) is 4.81. The van der Waals surface area contributed by atoms with E-state index in [0.29, 0.717) is 12.5 Å². The lowest BCUT2D eigenvalue weighted by Crippen LogP contribution is -2.45. The fraction of sp³-hybridized carbons (Fsp3) is 1.00. The Morgan fingerprint density at radius 2 is 1.77 bits per heavy atom. The van der Waals surface area contributed by atoms with Crippen LogP contribution in [-0.2, 0) is 0 Å². The van der Waals surface area contributed by atoms with Gasteiger partial charge in [0.25, 0.3) is 0 Å². The molecule has 0 bridgehead atoms. The first-order valence-corrected chi connectivity index (χ1v) is 5.50. The van der Waals surface area contributed by atoms with E-state index < -0.39 is 0 Å². The second kappa shape index (κ2) is 4.43. The molecule has 1 aliphatic carbocycles. The molecule has 13 heavy (non-hydrogen) atoms. The summed E-state index contributed by atoms with van der Waals surface area (Å²) in [6, 6.07) is 0. The highest BCUT2D eigenvalue weighted by Crippen LogP contribution is 2.40. The van der Waals surface area contributed by atoms with Crippen LogP contribution in [0.1, 0.15) is 46.0 Å². The molecule has 3 N–H and O–H groups in total. The molecular weight excluding hydrogens is 162 g/mol. The fourth-order valence-corrected chi connectivity index (χ4v) is 2.58.